The maximum absolute atomic E-state index is 6.70. The molecule has 1 fully saturated rings. The number of fused-ring (bicyclic) bond motifs is 3. The average molecular weight is 284 g/mol. The Balaban J connectivity index is 1.74. The van der Waals surface area contributed by atoms with Crippen LogP contribution in [-0.4, -0.2) is 4.98 Å². The second-order valence-corrected chi connectivity index (χ2v) is 7.57. The summed E-state index contributed by atoms with van der Waals surface area (Å²) in [6.45, 7) is 2.32. The Kier molecular flexibility index (Phi) is 2.76. The van der Waals surface area contributed by atoms with Crippen LogP contribution in [0.5, 0.6) is 0 Å². The second-order valence-electron chi connectivity index (χ2n) is 6.48. The van der Waals surface area contributed by atoms with Crippen LogP contribution >= 0.6 is 11.3 Å². The monoisotopic (exact) mass is 284 g/mol. The van der Waals surface area contributed by atoms with Crippen molar-refractivity contribution >= 4 is 11.3 Å². The minimum atomic E-state index is -0.179. The number of nitrogens with two attached hydrogens (primary N) is 1. The minimum absolute atomic E-state index is 0.179. The number of nitrogens with zero attached hydrogens (tertiary/aromatic N) is 1. The molecule has 0 bridgehead atoms. The molecular weight excluding hydrogens is 264 g/mol. The zero-order valence-electron chi connectivity index (χ0n) is 11.9. The van der Waals surface area contributed by atoms with E-state index in [1.807, 2.05) is 11.3 Å². The number of benzene rings is 1. The molecule has 1 aromatic carbocycles. The van der Waals surface area contributed by atoms with Crippen LogP contribution in [0.25, 0.3) is 11.3 Å². The molecule has 1 aromatic heterocycles. The Morgan fingerprint density at radius 1 is 1.35 bits per heavy atom. The highest BCUT2D eigenvalue weighted by Gasteiger charge is 2.37. The van der Waals surface area contributed by atoms with E-state index in [4.69, 9.17) is 10.7 Å². The Labute approximate surface area is 124 Å². The van der Waals surface area contributed by atoms with Crippen molar-refractivity contribution in [1.82, 2.24) is 4.98 Å². The molecule has 1 saturated carbocycles. The first-order chi connectivity index (χ1) is 9.66. The number of hydrogen-bond donors (Lipinski definition) is 1. The largest absolute Gasteiger partial charge is 0.319 e. The van der Waals surface area contributed by atoms with Gasteiger partial charge in [-0.3, -0.25) is 0 Å². The third kappa shape index (κ3) is 1.84. The first kappa shape index (κ1) is 12.5. The minimum Gasteiger partial charge on any atom is -0.319 e. The van der Waals surface area contributed by atoms with Gasteiger partial charge < -0.3 is 5.73 Å². The van der Waals surface area contributed by atoms with Crippen LogP contribution in [0.4, 0.5) is 0 Å². The van der Waals surface area contributed by atoms with Crippen LogP contribution in [0.15, 0.2) is 24.3 Å². The summed E-state index contributed by atoms with van der Waals surface area (Å²) >= 11 is 1.85. The molecule has 2 nitrogen and oxygen atoms in total. The predicted molar refractivity (Wildman–Crippen MR) is 83.9 cm³/mol. The smallest absolute Gasteiger partial charge is 0.113 e. The van der Waals surface area contributed by atoms with Crippen LogP contribution in [0, 0.1) is 5.92 Å². The van der Waals surface area contributed by atoms with Gasteiger partial charge in [0, 0.05) is 16.9 Å². The Bertz CT molecular complexity index is 661. The fraction of sp³-hybridized carbons (Fsp3) is 0.471. The Morgan fingerprint density at radius 2 is 2.20 bits per heavy atom. The van der Waals surface area contributed by atoms with E-state index < -0.39 is 0 Å². The van der Waals surface area contributed by atoms with Crippen LogP contribution in [0.1, 0.15) is 48.1 Å². The molecule has 0 radical (unpaired) electrons. The van der Waals surface area contributed by atoms with Gasteiger partial charge in [0.2, 0.25) is 0 Å². The van der Waals surface area contributed by atoms with Gasteiger partial charge in [0.15, 0.2) is 0 Å². The molecule has 104 valence electrons. The van der Waals surface area contributed by atoms with Crippen molar-refractivity contribution in [2.45, 2.75) is 44.6 Å². The molecule has 2 unspecified atom stereocenters. The van der Waals surface area contributed by atoms with E-state index >= 15 is 0 Å². The maximum atomic E-state index is 6.70. The summed E-state index contributed by atoms with van der Waals surface area (Å²) in [5.41, 5.74) is 10.4. The van der Waals surface area contributed by atoms with Gasteiger partial charge in [0.1, 0.15) is 5.01 Å². The van der Waals surface area contributed by atoms with Crippen LogP contribution in [0.2, 0.25) is 0 Å². The number of aromatic nitrogens is 1. The number of thiazole rings is 1. The van der Waals surface area contributed by atoms with E-state index in [2.05, 4.69) is 31.2 Å². The molecule has 0 saturated heterocycles. The zero-order chi connectivity index (χ0) is 13.7. The van der Waals surface area contributed by atoms with Crippen LogP contribution in [-0.2, 0) is 12.0 Å². The highest BCUT2D eigenvalue weighted by Crippen LogP contribution is 2.45. The van der Waals surface area contributed by atoms with Gasteiger partial charge in [0.25, 0.3) is 0 Å². The van der Waals surface area contributed by atoms with Gasteiger partial charge in [0.05, 0.1) is 11.2 Å². The number of hydrogen-bond acceptors (Lipinski definition) is 3. The lowest BCUT2D eigenvalue weighted by Gasteiger charge is -2.35. The highest BCUT2D eigenvalue weighted by molar-refractivity contribution is 7.12. The van der Waals surface area contributed by atoms with Gasteiger partial charge in [-0.05, 0) is 24.3 Å². The molecule has 2 aliphatic rings. The van der Waals surface area contributed by atoms with Gasteiger partial charge in [-0.25, -0.2) is 4.98 Å². The van der Waals surface area contributed by atoms with Crippen molar-refractivity contribution in [1.29, 1.82) is 0 Å². The van der Waals surface area contributed by atoms with Crippen LogP contribution < -0.4 is 5.73 Å². The second kappa shape index (κ2) is 4.40. The van der Waals surface area contributed by atoms with Gasteiger partial charge in [-0.2, -0.15) is 0 Å². The van der Waals surface area contributed by atoms with Crippen molar-refractivity contribution in [3.8, 4) is 11.3 Å². The van der Waals surface area contributed by atoms with E-state index in [1.165, 1.54) is 39.5 Å². The maximum Gasteiger partial charge on any atom is 0.113 e. The fourth-order valence-electron chi connectivity index (χ4n) is 3.76. The molecule has 0 aliphatic heterocycles. The Hall–Kier alpha value is -1.19. The average Bonchev–Trinajstić information content (AvgIpc) is 2.96. The first-order valence-electron chi connectivity index (χ1n) is 7.53. The third-order valence-corrected chi connectivity index (χ3v) is 6.05. The molecule has 2 aromatic rings. The molecule has 3 heteroatoms. The van der Waals surface area contributed by atoms with Crippen molar-refractivity contribution in [2.24, 2.45) is 11.7 Å². The van der Waals surface area contributed by atoms with Gasteiger partial charge >= 0.3 is 0 Å². The zero-order valence-corrected chi connectivity index (χ0v) is 12.7. The van der Waals surface area contributed by atoms with Crippen molar-refractivity contribution in [3.05, 3.63) is 39.7 Å². The van der Waals surface area contributed by atoms with Crippen molar-refractivity contribution in [2.75, 3.05) is 0 Å². The summed E-state index contributed by atoms with van der Waals surface area (Å²) < 4.78 is 0. The molecule has 0 amide bonds. The lowest BCUT2D eigenvalue weighted by molar-refractivity contribution is 0.238. The molecule has 20 heavy (non-hydrogen) atoms. The summed E-state index contributed by atoms with van der Waals surface area (Å²) in [5.74, 6) is 0.722. The normalized spacial score (nSPS) is 28.2. The highest BCUT2D eigenvalue weighted by atomic mass is 32.1. The summed E-state index contributed by atoms with van der Waals surface area (Å²) in [6.07, 6.45) is 5.76. The number of rotatable bonds is 1. The summed E-state index contributed by atoms with van der Waals surface area (Å²) in [4.78, 5) is 6.36. The SMILES string of the molecule is CC1CCCC(N)(c2nc3c(s2)Cc2ccccc2-3)C1. The predicted octanol–water partition coefficient (Wildman–Crippen LogP) is 4.08. The summed E-state index contributed by atoms with van der Waals surface area (Å²) in [6, 6.07) is 8.62. The van der Waals surface area contributed by atoms with Gasteiger partial charge in [-0.1, -0.05) is 44.0 Å². The molecule has 2 aliphatic carbocycles. The van der Waals surface area contributed by atoms with Crippen LogP contribution in [0.3, 0.4) is 0 Å². The summed E-state index contributed by atoms with van der Waals surface area (Å²) in [7, 11) is 0. The van der Waals surface area contributed by atoms with Crippen molar-refractivity contribution in [3.63, 3.8) is 0 Å². The Morgan fingerprint density at radius 3 is 3.05 bits per heavy atom. The fourth-order valence-corrected chi connectivity index (χ4v) is 5.00. The quantitative estimate of drug-likeness (QED) is 0.731. The van der Waals surface area contributed by atoms with E-state index in [-0.39, 0.29) is 5.54 Å². The lowest BCUT2D eigenvalue weighted by Crippen LogP contribution is -2.40. The third-order valence-electron chi connectivity index (χ3n) is 4.78. The molecule has 2 N–H and O–H groups in total. The van der Waals surface area contributed by atoms with E-state index in [9.17, 15) is 0 Å². The molecular formula is C17H20N2S. The molecule has 4 rings (SSSR count). The standard InChI is InChI=1S/C17H20N2S/c1-11-5-4-8-17(18,10-11)16-19-15-13-7-3-2-6-12(13)9-14(15)20-16/h2-3,6-7,11H,4-5,8-10,18H2,1H3. The molecule has 2 atom stereocenters. The van der Waals surface area contributed by atoms with E-state index in [0.29, 0.717) is 0 Å². The van der Waals surface area contributed by atoms with E-state index in [0.717, 1.165) is 25.2 Å². The topological polar surface area (TPSA) is 38.9 Å². The van der Waals surface area contributed by atoms with Gasteiger partial charge in [-0.15, -0.1) is 11.3 Å². The molecule has 0 spiro atoms. The van der Waals surface area contributed by atoms with Crippen molar-refractivity contribution < 1.29 is 0 Å². The van der Waals surface area contributed by atoms with E-state index in [1.54, 1.807) is 0 Å². The lowest BCUT2D eigenvalue weighted by atomic mass is 9.77. The molecule has 1 heterocycles. The first-order valence-corrected chi connectivity index (χ1v) is 8.35. The summed E-state index contributed by atoms with van der Waals surface area (Å²) in [5, 5.41) is 1.17.